The van der Waals surface area contributed by atoms with E-state index >= 15 is 0 Å². The smallest absolute Gasteiger partial charge is 0.242 e. The van der Waals surface area contributed by atoms with E-state index in [0.29, 0.717) is 17.9 Å². The molecule has 6 nitrogen and oxygen atoms in total. The van der Waals surface area contributed by atoms with Gasteiger partial charge in [-0.15, -0.1) is 0 Å². The maximum absolute atomic E-state index is 13.0. The first-order valence-electron chi connectivity index (χ1n) is 7.31. The van der Waals surface area contributed by atoms with Crippen LogP contribution in [0.1, 0.15) is 32.6 Å². The van der Waals surface area contributed by atoms with Gasteiger partial charge in [-0.1, -0.05) is 24.4 Å². The minimum atomic E-state index is -3.91. The van der Waals surface area contributed by atoms with Crippen molar-refractivity contribution in [3.05, 3.63) is 29.3 Å². The van der Waals surface area contributed by atoms with Gasteiger partial charge in [-0.3, -0.25) is 9.59 Å². The van der Waals surface area contributed by atoms with Gasteiger partial charge in [0, 0.05) is 5.02 Å². The molecule has 0 spiro atoms. The number of nitrogens with one attached hydrogen (secondary N) is 1. The van der Waals surface area contributed by atoms with Gasteiger partial charge < -0.3 is 11.1 Å². The molecular formula is C15H19ClN2O4S. The first-order chi connectivity index (χ1) is 10.7. The molecule has 1 saturated carbocycles. The number of sulfone groups is 1. The van der Waals surface area contributed by atoms with E-state index in [0.717, 1.165) is 0 Å². The maximum atomic E-state index is 13.0. The van der Waals surface area contributed by atoms with Gasteiger partial charge in [0.15, 0.2) is 14.6 Å². The number of halogens is 1. The number of nitrogens with two attached hydrogens (primary N) is 1. The standard InChI is InChI=1S/C15H19ClN2O4S/c1-10(13(17)19)18-14(20)15(8-2-3-9-15)23(21,22)12-6-4-11(16)5-7-12/h4-7,10H,2-3,8-9H2,1H3,(H2,17,19)(H,18,20). The van der Waals surface area contributed by atoms with Crippen molar-refractivity contribution in [3.8, 4) is 0 Å². The van der Waals surface area contributed by atoms with E-state index in [1.807, 2.05) is 0 Å². The molecule has 1 atom stereocenters. The second-order valence-electron chi connectivity index (χ2n) is 5.76. The van der Waals surface area contributed by atoms with Gasteiger partial charge in [0.05, 0.1) is 4.90 Å². The van der Waals surface area contributed by atoms with Crippen LogP contribution < -0.4 is 11.1 Å². The molecule has 0 aromatic heterocycles. The number of primary amides is 1. The number of amides is 2. The van der Waals surface area contributed by atoms with E-state index in [2.05, 4.69) is 5.32 Å². The molecule has 1 unspecified atom stereocenters. The van der Waals surface area contributed by atoms with Crippen molar-refractivity contribution in [1.29, 1.82) is 0 Å². The molecule has 0 aliphatic heterocycles. The Labute approximate surface area is 140 Å². The summed E-state index contributed by atoms with van der Waals surface area (Å²) in [6.45, 7) is 1.43. The molecule has 8 heteroatoms. The Morgan fingerprint density at radius 3 is 2.22 bits per heavy atom. The topological polar surface area (TPSA) is 106 Å². The van der Waals surface area contributed by atoms with E-state index in [1.54, 1.807) is 0 Å². The lowest BCUT2D eigenvalue weighted by atomic mass is 10.1. The van der Waals surface area contributed by atoms with Crippen LogP contribution in [0.15, 0.2) is 29.2 Å². The van der Waals surface area contributed by atoms with Gasteiger partial charge in [-0.05, 0) is 44.0 Å². The summed E-state index contributed by atoms with van der Waals surface area (Å²) in [4.78, 5) is 23.8. The molecule has 126 valence electrons. The normalized spacial score (nSPS) is 18.3. The molecule has 1 aromatic carbocycles. The molecule has 0 bridgehead atoms. The van der Waals surface area contributed by atoms with Crippen molar-refractivity contribution in [2.24, 2.45) is 5.73 Å². The van der Waals surface area contributed by atoms with Crippen LogP contribution in [0, 0.1) is 0 Å². The van der Waals surface area contributed by atoms with Crippen molar-refractivity contribution in [2.45, 2.75) is 48.3 Å². The summed E-state index contributed by atoms with van der Waals surface area (Å²) in [7, 11) is -3.91. The van der Waals surface area contributed by atoms with Crippen molar-refractivity contribution in [3.63, 3.8) is 0 Å². The van der Waals surface area contributed by atoms with Crippen LogP contribution >= 0.6 is 11.6 Å². The van der Waals surface area contributed by atoms with Crippen molar-refractivity contribution >= 4 is 33.3 Å². The predicted octanol–water partition coefficient (Wildman–Crippen LogP) is 1.42. The highest BCUT2D eigenvalue weighted by atomic mass is 35.5. The van der Waals surface area contributed by atoms with E-state index in [1.165, 1.54) is 31.2 Å². The van der Waals surface area contributed by atoms with Gasteiger partial charge in [-0.25, -0.2) is 8.42 Å². The minimum absolute atomic E-state index is 0.0469. The molecule has 1 aromatic rings. The van der Waals surface area contributed by atoms with Crippen LogP contribution in [-0.2, 0) is 19.4 Å². The highest BCUT2D eigenvalue weighted by Gasteiger charge is 2.53. The summed E-state index contributed by atoms with van der Waals surface area (Å²) in [5.41, 5.74) is 5.15. The van der Waals surface area contributed by atoms with E-state index < -0.39 is 32.4 Å². The van der Waals surface area contributed by atoms with Gasteiger partial charge in [0.25, 0.3) is 0 Å². The highest BCUT2D eigenvalue weighted by molar-refractivity contribution is 7.93. The summed E-state index contributed by atoms with van der Waals surface area (Å²) in [5.74, 6) is -1.38. The lowest BCUT2D eigenvalue weighted by Gasteiger charge is -2.28. The van der Waals surface area contributed by atoms with Gasteiger partial charge in [0.2, 0.25) is 11.8 Å². The number of rotatable bonds is 5. The van der Waals surface area contributed by atoms with E-state index in [9.17, 15) is 18.0 Å². The molecule has 3 N–H and O–H groups in total. The summed E-state index contributed by atoms with van der Waals surface area (Å²) in [5, 5.41) is 2.84. The summed E-state index contributed by atoms with van der Waals surface area (Å²) < 4.78 is 24.5. The molecule has 0 heterocycles. The van der Waals surface area contributed by atoms with Crippen molar-refractivity contribution in [2.75, 3.05) is 0 Å². The van der Waals surface area contributed by atoms with Crippen LogP contribution in [0.5, 0.6) is 0 Å². The average molecular weight is 359 g/mol. The first-order valence-corrected chi connectivity index (χ1v) is 9.17. The highest BCUT2D eigenvalue weighted by Crippen LogP contribution is 2.41. The molecule has 1 aliphatic rings. The SMILES string of the molecule is CC(NC(=O)C1(S(=O)(=O)c2ccc(Cl)cc2)CCCC1)C(N)=O. The third kappa shape index (κ3) is 3.21. The zero-order valence-corrected chi connectivity index (χ0v) is 14.3. The van der Waals surface area contributed by atoms with Gasteiger partial charge in [-0.2, -0.15) is 0 Å². The van der Waals surface area contributed by atoms with Crippen LogP contribution in [0.3, 0.4) is 0 Å². The summed E-state index contributed by atoms with van der Waals surface area (Å²) in [6.07, 6.45) is 1.70. The van der Waals surface area contributed by atoms with E-state index in [-0.39, 0.29) is 17.7 Å². The Hall–Kier alpha value is -1.60. The van der Waals surface area contributed by atoms with Crippen LogP contribution in [0.4, 0.5) is 0 Å². The average Bonchev–Trinajstić information content (AvgIpc) is 2.98. The maximum Gasteiger partial charge on any atom is 0.242 e. The Balaban J connectivity index is 2.42. The molecule has 1 aliphatic carbocycles. The second-order valence-corrected chi connectivity index (χ2v) is 8.45. The fourth-order valence-corrected chi connectivity index (χ4v) is 5.00. The second kappa shape index (κ2) is 6.49. The fourth-order valence-electron chi connectivity index (χ4n) is 2.80. The predicted molar refractivity (Wildman–Crippen MR) is 86.6 cm³/mol. The number of benzene rings is 1. The Bertz CT molecular complexity index is 709. The Morgan fingerprint density at radius 1 is 1.22 bits per heavy atom. The number of carbonyl (C=O) groups excluding carboxylic acids is 2. The van der Waals surface area contributed by atoms with Crippen molar-refractivity contribution in [1.82, 2.24) is 5.32 Å². The zero-order valence-electron chi connectivity index (χ0n) is 12.7. The monoisotopic (exact) mass is 358 g/mol. The number of carbonyl (C=O) groups is 2. The molecule has 2 rings (SSSR count). The minimum Gasteiger partial charge on any atom is -0.368 e. The molecule has 0 saturated heterocycles. The number of hydrogen-bond acceptors (Lipinski definition) is 4. The molecule has 1 fully saturated rings. The lowest BCUT2D eigenvalue weighted by Crippen LogP contribution is -2.55. The first kappa shape index (κ1) is 17.7. The third-order valence-electron chi connectivity index (χ3n) is 4.24. The Morgan fingerprint density at radius 2 is 1.74 bits per heavy atom. The summed E-state index contributed by atoms with van der Waals surface area (Å²) >= 11 is 5.80. The molecule has 2 amide bonds. The molecule has 0 radical (unpaired) electrons. The van der Waals surface area contributed by atoms with Gasteiger partial charge in [0.1, 0.15) is 6.04 Å². The number of hydrogen-bond donors (Lipinski definition) is 2. The van der Waals surface area contributed by atoms with E-state index in [4.69, 9.17) is 17.3 Å². The largest absolute Gasteiger partial charge is 0.368 e. The molecular weight excluding hydrogens is 340 g/mol. The van der Waals surface area contributed by atoms with Gasteiger partial charge >= 0.3 is 0 Å². The van der Waals surface area contributed by atoms with Crippen molar-refractivity contribution < 1.29 is 18.0 Å². The Kier molecular flexibility index (Phi) is 5.01. The van der Waals surface area contributed by atoms with Crippen LogP contribution in [0.25, 0.3) is 0 Å². The quantitative estimate of drug-likeness (QED) is 0.829. The fraction of sp³-hybridized carbons (Fsp3) is 0.467. The third-order valence-corrected chi connectivity index (χ3v) is 7.00. The zero-order chi connectivity index (χ0) is 17.3. The van der Waals surface area contributed by atoms with Crippen LogP contribution in [0.2, 0.25) is 5.02 Å². The summed E-state index contributed by atoms with van der Waals surface area (Å²) in [6, 6.07) is 4.80. The lowest BCUT2D eigenvalue weighted by molar-refractivity contribution is -0.128. The van der Waals surface area contributed by atoms with Crippen LogP contribution in [-0.4, -0.2) is 31.0 Å². The molecule has 23 heavy (non-hydrogen) atoms.